The Bertz CT molecular complexity index is 1890. The highest BCUT2D eigenvalue weighted by molar-refractivity contribution is 6.10. The summed E-state index contributed by atoms with van der Waals surface area (Å²) in [5.74, 6) is -3.69. The van der Waals surface area contributed by atoms with E-state index >= 15 is 0 Å². The van der Waals surface area contributed by atoms with Crippen LogP contribution < -0.4 is 16.0 Å². The van der Waals surface area contributed by atoms with Crippen LogP contribution in [-0.2, 0) is 17.5 Å². The topological polar surface area (TPSA) is 107 Å². The number of anilines is 1. The van der Waals surface area contributed by atoms with Gasteiger partial charge in [0.2, 0.25) is 0 Å². The number of halogens is 9. The highest BCUT2D eigenvalue weighted by atomic mass is 19.4. The van der Waals surface area contributed by atoms with E-state index < -0.39 is 53.2 Å². The van der Waals surface area contributed by atoms with Crippen LogP contribution in [0.4, 0.5) is 45.2 Å². The van der Waals surface area contributed by atoms with Crippen LogP contribution in [0.25, 0.3) is 22.2 Å². The molecule has 5 rings (SSSR count). The maximum atomic E-state index is 14.5. The second kappa shape index (κ2) is 15.5. The molecule has 1 aliphatic rings. The zero-order chi connectivity index (χ0) is 37.8. The summed E-state index contributed by atoms with van der Waals surface area (Å²) in [7, 11) is 0. The fourth-order valence-corrected chi connectivity index (χ4v) is 6.07. The lowest BCUT2D eigenvalue weighted by Crippen LogP contribution is -2.43. The van der Waals surface area contributed by atoms with Crippen LogP contribution in [-0.4, -0.2) is 71.4 Å². The molecule has 1 aliphatic heterocycles. The van der Waals surface area contributed by atoms with E-state index in [9.17, 15) is 54.2 Å². The summed E-state index contributed by atoms with van der Waals surface area (Å²) in [5.41, 5.74) is -2.87. The van der Waals surface area contributed by atoms with Gasteiger partial charge in [-0.1, -0.05) is 42.5 Å². The number of piperidine rings is 1. The molecular formula is C35H32F9N5O3. The molecule has 3 aromatic carbocycles. The summed E-state index contributed by atoms with van der Waals surface area (Å²) in [6, 6.07) is 10.9. The molecular weight excluding hydrogens is 709 g/mol. The Morgan fingerprint density at radius 1 is 0.885 bits per heavy atom. The molecule has 0 saturated carbocycles. The van der Waals surface area contributed by atoms with Gasteiger partial charge in [0.1, 0.15) is 0 Å². The number of rotatable bonds is 10. The van der Waals surface area contributed by atoms with Crippen molar-refractivity contribution in [3.05, 3.63) is 95.1 Å². The van der Waals surface area contributed by atoms with E-state index in [0.29, 0.717) is 32.5 Å². The Morgan fingerprint density at radius 3 is 2.19 bits per heavy atom. The van der Waals surface area contributed by atoms with E-state index in [1.165, 1.54) is 24.3 Å². The van der Waals surface area contributed by atoms with Crippen molar-refractivity contribution in [3.63, 3.8) is 0 Å². The van der Waals surface area contributed by atoms with Crippen molar-refractivity contribution in [1.29, 1.82) is 0 Å². The van der Waals surface area contributed by atoms with Crippen molar-refractivity contribution in [2.24, 2.45) is 0 Å². The number of nitrogens with zero attached hydrogens (tertiary/aromatic N) is 2. The molecule has 0 aliphatic carbocycles. The highest BCUT2D eigenvalue weighted by Crippen LogP contribution is 2.38. The van der Waals surface area contributed by atoms with E-state index in [0.717, 1.165) is 48.5 Å². The zero-order valence-electron chi connectivity index (χ0n) is 27.1. The van der Waals surface area contributed by atoms with Crippen molar-refractivity contribution in [3.8, 4) is 11.3 Å². The Balaban J connectivity index is 1.73. The molecule has 278 valence electrons. The molecule has 0 radical (unpaired) electrons. The number of hydrogen-bond acceptors (Lipinski definition) is 6. The first-order chi connectivity index (χ1) is 24.5. The highest BCUT2D eigenvalue weighted by Gasteiger charge is 2.43. The number of carbonyl (C=O) groups excluding carboxylic acids is 2. The average molecular weight is 742 g/mol. The molecule has 2 heterocycles. The minimum Gasteiger partial charge on any atom is -0.395 e. The van der Waals surface area contributed by atoms with Crippen LogP contribution in [0.2, 0.25) is 0 Å². The Hall–Kier alpha value is -4.74. The number of benzene rings is 3. The molecule has 1 unspecified atom stereocenters. The van der Waals surface area contributed by atoms with Crippen molar-refractivity contribution >= 4 is 28.4 Å². The number of carbonyl (C=O) groups is 2. The molecule has 17 heteroatoms. The molecule has 52 heavy (non-hydrogen) atoms. The van der Waals surface area contributed by atoms with Gasteiger partial charge in [0.25, 0.3) is 5.91 Å². The first-order valence-electron chi connectivity index (χ1n) is 16.0. The first-order valence-corrected chi connectivity index (χ1v) is 16.0. The number of hydrogen-bond donors (Lipinski definition) is 4. The lowest BCUT2D eigenvalue weighted by molar-refractivity contribution is -0.167. The van der Waals surface area contributed by atoms with Gasteiger partial charge in [-0.05, 0) is 61.8 Å². The average Bonchev–Trinajstić information content (AvgIpc) is 3.09. The summed E-state index contributed by atoms with van der Waals surface area (Å²) in [6.45, 7) is 0.751. The molecule has 2 amide bonds. The zero-order valence-corrected chi connectivity index (χ0v) is 27.1. The third-order valence-electron chi connectivity index (χ3n) is 8.54. The number of aliphatic hydroxyl groups is 1. The summed E-state index contributed by atoms with van der Waals surface area (Å²) < 4.78 is 125. The van der Waals surface area contributed by atoms with Crippen LogP contribution in [0.1, 0.15) is 45.9 Å². The van der Waals surface area contributed by atoms with Crippen molar-refractivity contribution in [2.45, 2.75) is 50.0 Å². The second-order valence-corrected chi connectivity index (χ2v) is 12.2. The maximum Gasteiger partial charge on any atom is 0.471 e. The predicted octanol–water partition coefficient (Wildman–Crippen LogP) is 7.00. The van der Waals surface area contributed by atoms with Crippen molar-refractivity contribution in [1.82, 2.24) is 20.5 Å². The summed E-state index contributed by atoms with van der Waals surface area (Å²) in [5, 5.41) is 15.8. The molecule has 1 fully saturated rings. The largest absolute Gasteiger partial charge is 0.471 e. The third kappa shape index (κ3) is 9.18. The Labute approximate surface area is 291 Å². The van der Waals surface area contributed by atoms with E-state index in [4.69, 9.17) is 0 Å². The number of fused-ring (bicyclic) bond motifs is 1. The van der Waals surface area contributed by atoms with Crippen LogP contribution in [0.15, 0.2) is 72.8 Å². The molecule has 1 aromatic heterocycles. The van der Waals surface area contributed by atoms with E-state index in [-0.39, 0.29) is 52.5 Å². The Morgan fingerprint density at radius 2 is 1.58 bits per heavy atom. The van der Waals surface area contributed by atoms with Gasteiger partial charge in [-0.2, -0.15) is 39.5 Å². The minimum absolute atomic E-state index is 0.00190. The lowest BCUT2D eigenvalue weighted by atomic mass is 9.93. The van der Waals surface area contributed by atoms with Crippen LogP contribution >= 0.6 is 0 Å². The number of amides is 2. The molecule has 0 bridgehead atoms. The third-order valence-corrected chi connectivity index (χ3v) is 8.54. The Kier molecular flexibility index (Phi) is 11.5. The van der Waals surface area contributed by atoms with Crippen LogP contribution in [0.3, 0.4) is 0 Å². The molecule has 1 atom stereocenters. The van der Waals surface area contributed by atoms with E-state index in [2.05, 4.69) is 10.3 Å². The maximum absolute atomic E-state index is 14.5. The minimum atomic E-state index is -5.31. The van der Waals surface area contributed by atoms with Crippen molar-refractivity contribution < 1.29 is 54.2 Å². The van der Waals surface area contributed by atoms with Gasteiger partial charge in [-0.25, -0.2) is 4.98 Å². The van der Waals surface area contributed by atoms with Crippen LogP contribution in [0.5, 0.6) is 0 Å². The normalized spacial score (nSPS) is 15.4. The number of alkyl halides is 9. The van der Waals surface area contributed by atoms with E-state index in [1.807, 2.05) is 10.2 Å². The monoisotopic (exact) mass is 741 g/mol. The van der Waals surface area contributed by atoms with Gasteiger partial charge in [-0.15, -0.1) is 0 Å². The predicted molar refractivity (Wildman–Crippen MR) is 173 cm³/mol. The van der Waals surface area contributed by atoms with Gasteiger partial charge in [0, 0.05) is 41.3 Å². The molecule has 4 N–H and O–H groups in total. The summed E-state index contributed by atoms with van der Waals surface area (Å²) in [6.07, 6.45) is -14.0. The van der Waals surface area contributed by atoms with Gasteiger partial charge < -0.3 is 21.1 Å². The van der Waals surface area contributed by atoms with Gasteiger partial charge in [0.05, 0.1) is 28.9 Å². The molecule has 1 saturated heterocycles. The number of aromatic nitrogens is 1. The molecule has 8 nitrogen and oxygen atoms in total. The standard InChI is InChI=1S/C35H32F9N5O3/c36-33(37,38)22-8-4-7-21(17-22)29-26(19-49-14-11-23(12-15-49)45-13-16-50)28(31(51)48-30(34(39,40)41)20-5-2-1-3-6-20)25-18-24(9-10-27(25)47-29)46-32(52)35(42,43)44/h1-10,17-18,23,30,45,50H,11-16,19H2,(H,46,52)(H,48,51). The summed E-state index contributed by atoms with van der Waals surface area (Å²) >= 11 is 0. The fourth-order valence-electron chi connectivity index (χ4n) is 6.07. The summed E-state index contributed by atoms with van der Waals surface area (Å²) in [4.78, 5) is 32.4. The van der Waals surface area contributed by atoms with E-state index in [1.54, 1.807) is 5.32 Å². The number of nitrogens with one attached hydrogen (secondary N) is 3. The quantitative estimate of drug-likeness (QED) is 0.131. The molecule has 0 spiro atoms. The van der Waals surface area contributed by atoms with Gasteiger partial charge in [0.15, 0.2) is 6.04 Å². The first kappa shape index (κ1) is 38.5. The van der Waals surface area contributed by atoms with Gasteiger partial charge >= 0.3 is 24.4 Å². The van der Waals surface area contributed by atoms with Gasteiger partial charge in [-0.3, -0.25) is 14.5 Å². The fraction of sp³-hybridized carbons (Fsp3) is 0.343. The number of aliphatic hydroxyl groups excluding tert-OH is 1. The number of likely N-dealkylation sites (tertiary alicyclic amines) is 1. The lowest BCUT2D eigenvalue weighted by Gasteiger charge is -2.33. The molecule has 4 aromatic rings. The van der Waals surface area contributed by atoms with Crippen molar-refractivity contribution in [2.75, 3.05) is 31.6 Å². The SMILES string of the molecule is O=C(NC(c1ccccc1)C(F)(F)F)c1c(CN2CCC(NCCO)CC2)c(-c2cccc(C(F)(F)F)c2)nc2ccc(NC(=O)C(F)(F)F)cc12. The second-order valence-electron chi connectivity index (χ2n) is 12.2. The number of pyridine rings is 1. The van der Waals surface area contributed by atoms with Crippen LogP contribution in [0, 0.1) is 0 Å². The smallest absolute Gasteiger partial charge is 0.395 e.